The molecule has 2 heterocycles. The number of piperidine rings is 1. The van der Waals surface area contributed by atoms with Gasteiger partial charge < -0.3 is 10.2 Å². The molecule has 0 atom stereocenters. The zero-order valence-corrected chi connectivity index (χ0v) is 16.5. The second kappa shape index (κ2) is 9.01. The molecule has 0 aliphatic carbocycles. The van der Waals surface area contributed by atoms with Gasteiger partial charge in [0.25, 0.3) is 0 Å². The second-order valence-corrected chi connectivity index (χ2v) is 7.89. The fraction of sp³-hybridized carbons (Fsp3) is 0.435. The van der Waals surface area contributed by atoms with Crippen LogP contribution in [0.25, 0.3) is 0 Å². The third-order valence-corrected chi connectivity index (χ3v) is 6.05. The minimum Gasteiger partial charge on any atom is -0.340 e. The first-order valence-electron chi connectivity index (χ1n) is 10.4. The molecule has 2 aromatic rings. The molecule has 2 aromatic carbocycles. The van der Waals surface area contributed by atoms with Crippen LogP contribution in [0.3, 0.4) is 0 Å². The summed E-state index contributed by atoms with van der Waals surface area (Å²) in [6, 6.07) is 12.9. The van der Waals surface area contributed by atoms with Crippen molar-refractivity contribution in [2.24, 2.45) is 5.92 Å². The minimum absolute atomic E-state index is 0.0904. The lowest BCUT2D eigenvalue weighted by Crippen LogP contribution is -2.52. The van der Waals surface area contributed by atoms with E-state index >= 15 is 0 Å². The lowest BCUT2D eigenvalue weighted by Gasteiger charge is -2.41. The van der Waals surface area contributed by atoms with Crippen molar-refractivity contribution in [3.8, 4) is 0 Å². The van der Waals surface area contributed by atoms with E-state index in [-0.39, 0.29) is 29.5 Å². The van der Waals surface area contributed by atoms with Crippen molar-refractivity contribution in [2.45, 2.75) is 18.9 Å². The largest absolute Gasteiger partial charge is 0.340 e. The lowest BCUT2D eigenvalue weighted by molar-refractivity contribution is -0.138. The van der Waals surface area contributed by atoms with Crippen molar-refractivity contribution >= 4 is 5.91 Å². The first kappa shape index (κ1) is 20.0. The Morgan fingerprint density at radius 2 is 1.31 bits per heavy atom. The molecule has 2 fully saturated rings. The van der Waals surface area contributed by atoms with Gasteiger partial charge in [0.05, 0.1) is 6.04 Å². The highest BCUT2D eigenvalue weighted by atomic mass is 19.1. The van der Waals surface area contributed by atoms with E-state index < -0.39 is 0 Å². The molecule has 0 radical (unpaired) electrons. The normalized spacial score (nSPS) is 18.9. The third kappa shape index (κ3) is 4.65. The average Bonchev–Trinajstić information content (AvgIpc) is 2.77. The number of piperazine rings is 1. The molecule has 1 N–H and O–H groups in total. The number of amides is 1. The van der Waals surface area contributed by atoms with Gasteiger partial charge in [0.15, 0.2) is 0 Å². The van der Waals surface area contributed by atoms with Gasteiger partial charge in [0.2, 0.25) is 5.91 Å². The number of nitrogens with zero attached hydrogens (tertiary/aromatic N) is 2. The van der Waals surface area contributed by atoms with E-state index in [0.717, 1.165) is 50.1 Å². The Balaban J connectivity index is 1.49. The Labute approximate surface area is 170 Å². The quantitative estimate of drug-likeness (QED) is 0.858. The maximum atomic E-state index is 13.5. The first-order valence-corrected chi connectivity index (χ1v) is 10.4. The molecule has 154 valence electrons. The standard InChI is InChI=1S/C23H27F2N3O/c24-20-5-1-17(2-6-20)22(18-3-7-21(25)8-4-18)27-13-15-28(16-14-27)23(29)19-9-11-26-12-10-19/h1-8,19,22,26H,9-16H2. The molecule has 2 saturated heterocycles. The maximum Gasteiger partial charge on any atom is 0.225 e. The van der Waals surface area contributed by atoms with Crippen LogP contribution < -0.4 is 5.32 Å². The molecule has 1 amide bonds. The lowest BCUT2D eigenvalue weighted by atomic mass is 9.95. The molecule has 0 spiro atoms. The summed E-state index contributed by atoms with van der Waals surface area (Å²) >= 11 is 0. The number of carbonyl (C=O) groups excluding carboxylic acids is 1. The van der Waals surface area contributed by atoms with Gasteiger partial charge in [0.1, 0.15) is 11.6 Å². The van der Waals surface area contributed by atoms with Crippen molar-refractivity contribution in [1.82, 2.24) is 15.1 Å². The monoisotopic (exact) mass is 399 g/mol. The van der Waals surface area contributed by atoms with Gasteiger partial charge in [-0.1, -0.05) is 24.3 Å². The van der Waals surface area contributed by atoms with E-state index in [1.807, 2.05) is 4.90 Å². The number of carbonyl (C=O) groups is 1. The molecular formula is C23H27F2N3O. The van der Waals surface area contributed by atoms with Crippen molar-refractivity contribution in [2.75, 3.05) is 39.3 Å². The van der Waals surface area contributed by atoms with Gasteiger partial charge in [-0.05, 0) is 61.3 Å². The van der Waals surface area contributed by atoms with Crippen LogP contribution in [0.5, 0.6) is 0 Å². The van der Waals surface area contributed by atoms with Crippen LogP contribution in [0.2, 0.25) is 0 Å². The summed E-state index contributed by atoms with van der Waals surface area (Å²) in [7, 11) is 0. The van der Waals surface area contributed by atoms with Crippen LogP contribution in [-0.4, -0.2) is 55.0 Å². The van der Waals surface area contributed by atoms with Gasteiger partial charge in [0, 0.05) is 32.1 Å². The van der Waals surface area contributed by atoms with Crippen molar-refractivity contribution in [1.29, 1.82) is 0 Å². The van der Waals surface area contributed by atoms with Crippen LogP contribution in [0.4, 0.5) is 8.78 Å². The predicted octanol–water partition coefficient (Wildman–Crippen LogP) is 3.20. The molecule has 6 heteroatoms. The van der Waals surface area contributed by atoms with Crippen LogP contribution >= 0.6 is 0 Å². The highest BCUT2D eigenvalue weighted by Gasteiger charge is 2.31. The smallest absolute Gasteiger partial charge is 0.225 e. The summed E-state index contributed by atoms with van der Waals surface area (Å²) in [6.45, 7) is 4.65. The Kier molecular flexibility index (Phi) is 6.21. The van der Waals surface area contributed by atoms with Crippen molar-refractivity contribution < 1.29 is 13.6 Å². The zero-order valence-electron chi connectivity index (χ0n) is 16.5. The number of nitrogens with one attached hydrogen (secondary N) is 1. The fourth-order valence-electron chi connectivity index (χ4n) is 4.43. The number of halogens is 2. The summed E-state index contributed by atoms with van der Waals surface area (Å²) in [6.07, 6.45) is 1.82. The topological polar surface area (TPSA) is 35.6 Å². The fourth-order valence-corrected chi connectivity index (χ4v) is 4.43. The molecule has 29 heavy (non-hydrogen) atoms. The molecule has 2 aliphatic heterocycles. The Morgan fingerprint density at radius 1 is 0.828 bits per heavy atom. The van der Waals surface area contributed by atoms with Gasteiger partial charge >= 0.3 is 0 Å². The van der Waals surface area contributed by atoms with Crippen LogP contribution in [0.1, 0.15) is 30.0 Å². The van der Waals surface area contributed by atoms with Crippen LogP contribution in [-0.2, 0) is 4.79 Å². The van der Waals surface area contributed by atoms with Crippen LogP contribution in [0, 0.1) is 17.6 Å². The van der Waals surface area contributed by atoms with Gasteiger partial charge in [-0.3, -0.25) is 9.69 Å². The Hall–Kier alpha value is -2.31. The summed E-state index contributed by atoms with van der Waals surface area (Å²) in [5, 5.41) is 3.31. The molecule has 0 aromatic heterocycles. The average molecular weight is 399 g/mol. The summed E-state index contributed by atoms with van der Waals surface area (Å²) in [5.74, 6) is -0.146. The second-order valence-electron chi connectivity index (χ2n) is 7.89. The minimum atomic E-state index is -0.274. The molecule has 0 bridgehead atoms. The van der Waals surface area contributed by atoms with Gasteiger partial charge in [-0.2, -0.15) is 0 Å². The zero-order chi connectivity index (χ0) is 20.2. The van der Waals surface area contributed by atoms with E-state index in [4.69, 9.17) is 0 Å². The molecular weight excluding hydrogens is 372 g/mol. The van der Waals surface area contributed by atoms with Gasteiger partial charge in [-0.15, -0.1) is 0 Å². The van der Waals surface area contributed by atoms with E-state index in [0.29, 0.717) is 13.1 Å². The number of benzene rings is 2. The molecule has 2 aliphatic rings. The SMILES string of the molecule is O=C(C1CCNCC1)N1CCN(C(c2ccc(F)cc2)c2ccc(F)cc2)CC1. The van der Waals surface area contributed by atoms with E-state index in [9.17, 15) is 13.6 Å². The highest BCUT2D eigenvalue weighted by molar-refractivity contribution is 5.79. The highest BCUT2D eigenvalue weighted by Crippen LogP contribution is 2.30. The first-order chi connectivity index (χ1) is 14.1. The number of rotatable bonds is 4. The van der Waals surface area contributed by atoms with E-state index in [1.54, 1.807) is 24.3 Å². The molecule has 4 rings (SSSR count). The Bertz CT molecular complexity index is 766. The summed E-state index contributed by atoms with van der Waals surface area (Å²) < 4.78 is 26.9. The Morgan fingerprint density at radius 3 is 1.79 bits per heavy atom. The predicted molar refractivity (Wildman–Crippen MR) is 108 cm³/mol. The molecule has 4 nitrogen and oxygen atoms in total. The summed E-state index contributed by atoms with van der Waals surface area (Å²) in [4.78, 5) is 17.1. The third-order valence-electron chi connectivity index (χ3n) is 6.05. The molecule has 0 unspecified atom stereocenters. The number of hydrogen-bond donors (Lipinski definition) is 1. The van der Waals surface area contributed by atoms with Gasteiger partial charge in [-0.25, -0.2) is 8.78 Å². The number of hydrogen-bond acceptors (Lipinski definition) is 3. The maximum absolute atomic E-state index is 13.5. The van der Waals surface area contributed by atoms with Crippen molar-refractivity contribution in [3.05, 3.63) is 71.3 Å². The van der Waals surface area contributed by atoms with E-state index in [2.05, 4.69) is 10.2 Å². The van der Waals surface area contributed by atoms with Crippen molar-refractivity contribution in [3.63, 3.8) is 0 Å². The van der Waals surface area contributed by atoms with Crippen LogP contribution in [0.15, 0.2) is 48.5 Å². The molecule has 0 saturated carbocycles. The summed E-state index contributed by atoms with van der Waals surface area (Å²) in [5.41, 5.74) is 1.94. The van der Waals surface area contributed by atoms with E-state index in [1.165, 1.54) is 24.3 Å².